The molecule has 2 aromatic rings. The van der Waals surface area contributed by atoms with E-state index < -0.39 is 5.91 Å². The normalized spacial score (nSPS) is 10.1. The number of methoxy groups -OCH3 is 1. The fourth-order valence-corrected chi connectivity index (χ4v) is 1.70. The molecule has 1 radical (unpaired) electrons. The van der Waals surface area contributed by atoms with Crippen LogP contribution in [0.3, 0.4) is 0 Å². The van der Waals surface area contributed by atoms with E-state index in [1.54, 1.807) is 13.3 Å². The molecule has 0 bridgehead atoms. The highest BCUT2D eigenvalue weighted by atomic mass is 16.5. The van der Waals surface area contributed by atoms with Gasteiger partial charge in [-0.3, -0.25) is 4.79 Å². The fourth-order valence-electron chi connectivity index (χ4n) is 1.70. The average molecular weight is 241 g/mol. The van der Waals surface area contributed by atoms with Crippen LogP contribution in [-0.2, 0) is 4.79 Å². The van der Waals surface area contributed by atoms with Gasteiger partial charge in [0.05, 0.1) is 13.5 Å². The number of benzene rings is 1. The zero-order chi connectivity index (χ0) is 13.0. The molecule has 0 aliphatic rings. The lowest BCUT2D eigenvalue weighted by Crippen LogP contribution is -2.11. The first kappa shape index (κ1) is 12.1. The van der Waals surface area contributed by atoms with Crippen molar-refractivity contribution in [3.8, 4) is 17.0 Å². The van der Waals surface area contributed by atoms with Gasteiger partial charge in [-0.1, -0.05) is 24.3 Å². The Morgan fingerprint density at radius 2 is 2.00 bits per heavy atom. The van der Waals surface area contributed by atoms with Gasteiger partial charge in [-0.15, -0.1) is 0 Å². The largest absolute Gasteiger partial charge is 0.481 e. The van der Waals surface area contributed by atoms with Gasteiger partial charge in [-0.05, 0) is 23.3 Å². The maximum atomic E-state index is 10.8. The van der Waals surface area contributed by atoms with Gasteiger partial charge in [0.25, 0.3) is 0 Å². The van der Waals surface area contributed by atoms with Crippen molar-refractivity contribution in [3.63, 3.8) is 0 Å². The highest BCUT2D eigenvalue weighted by Crippen LogP contribution is 2.27. The smallest absolute Gasteiger partial charge is 0.226 e. The average Bonchev–Trinajstić information content (AvgIpc) is 2.39. The fraction of sp³-hybridized carbons (Fsp3) is 0.0714. The number of pyridine rings is 1. The summed E-state index contributed by atoms with van der Waals surface area (Å²) in [5.41, 5.74) is 7.75. The number of nitrogens with zero attached hydrogens (tertiary/aromatic N) is 1. The number of aromatic nitrogens is 1. The van der Waals surface area contributed by atoms with Crippen LogP contribution < -0.4 is 10.5 Å². The van der Waals surface area contributed by atoms with Gasteiger partial charge in [-0.25, -0.2) is 4.98 Å². The quantitative estimate of drug-likeness (QED) is 0.887. The van der Waals surface area contributed by atoms with Crippen molar-refractivity contribution in [1.29, 1.82) is 0 Å². The minimum atomic E-state index is -0.457. The molecule has 0 aliphatic carbocycles. The van der Waals surface area contributed by atoms with Gasteiger partial charge in [-0.2, -0.15) is 0 Å². The molecule has 1 aromatic carbocycles. The van der Waals surface area contributed by atoms with Gasteiger partial charge in [0, 0.05) is 11.8 Å². The van der Waals surface area contributed by atoms with Crippen LogP contribution in [0.2, 0.25) is 0 Å². The number of primary amides is 1. The van der Waals surface area contributed by atoms with Crippen molar-refractivity contribution in [3.05, 3.63) is 54.6 Å². The number of rotatable bonds is 4. The monoisotopic (exact) mass is 241 g/mol. The number of nitrogens with two attached hydrogens (primary N) is 1. The van der Waals surface area contributed by atoms with E-state index in [-0.39, 0.29) is 0 Å². The first-order valence-electron chi connectivity index (χ1n) is 5.44. The van der Waals surface area contributed by atoms with E-state index in [1.807, 2.05) is 36.4 Å². The summed E-state index contributed by atoms with van der Waals surface area (Å²) in [6.45, 7) is 0. The molecule has 0 spiro atoms. The number of hydrogen-bond donors (Lipinski definition) is 1. The second kappa shape index (κ2) is 5.31. The van der Waals surface area contributed by atoms with Crippen LogP contribution in [0.5, 0.6) is 5.88 Å². The van der Waals surface area contributed by atoms with Gasteiger partial charge < -0.3 is 10.5 Å². The Morgan fingerprint density at radius 1 is 1.28 bits per heavy atom. The molecule has 0 saturated heterocycles. The Bertz CT molecular complexity index is 550. The molecule has 0 aliphatic heterocycles. The van der Waals surface area contributed by atoms with Crippen LogP contribution >= 0.6 is 0 Å². The predicted molar refractivity (Wildman–Crippen MR) is 68.8 cm³/mol. The van der Waals surface area contributed by atoms with Crippen LogP contribution in [0, 0.1) is 6.42 Å². The number of hydrogen-bond acceptors (Lipinski definition) is 3. The molecule has 0 unspecified atom stereocenters. The van der Waals surface area contributed by atoms with Crippen LogP contribution in [0.25, 0.3) is 11.1 Å². The van der Waals surface area contributed by atoms with Crippen molar-refractivity contribution in [2.24, 2.45) is 5.73 Å². The van der Waals surface area contributed by atoms with Gasteiger partial charge in [0.15, 0.2) is 0 Å². The van der Waals surface area contributed by atoms with E-state index >= 15 is 0 Å². The summed E-state index contributed by atoms with van der Waals surface area (Å²) in [6.07, 6.45) is 3.06. The molecule has 1 amide bonds. The molecule has 2 rings (SSSR count). The molecule has 4 heteroatoms. The molecule has 0 saturated carbocycles. The second-order valence-corrected chi connectivity index (χ2v) is 3.73. The summed E-state index contributed by atoms with van der Waals surface area (Å²) in [5, 5.41) is 0. The summed E-state index contributed by atoms with van der Waals surface area (Å²) in [4.78, 5) is 14.9. The SMILES string of the molecule is COc1ncccc1-c1ccc([CH]C(N)=O)cc1. The van der Waals surface area contributed by atoms with E-state index in [9.17, 15) is 4.79 Å². The van der Waals surface area contributed by atoms with Crippen LogP contribution in [0.4, 0.5) is 0 Å². The van der Waals surface area contributed by atoms with Crippen LogP contribution in [-0.4, -0.2) is 18.0 Å². The number of amides is 1. The summed E-state index contributed by atoms with van der Waals surface area (Å²) in [6, 6.07) is 11.2. The summed E-state index contributed by atoms with van der Waals surface area (Å²) in [7, 11) is 1.58. The third-order valence-electron chi connectivity index (χ3n) is 2.50. The molecule has 2 N–H and O–H groups in total. The predicted octanol–water partition coefficient (Wildman–Crippen LogP) is 1.79. The zero-order valence-corrected chi connectivity index (χ0v) is 9.96. The molecular formula is C14H13N2O2. The van der Waals surface area contributed by atoms with E-state index in [4.69, 9.17) is 10.5 Å². The third kappa shape index (κ3) is 2.66. The minimum Gasteiger partial charge on any atom is -0.481 e. The van der Waals surface area contributed by atoms with Crippen molar-refractivity contribution < 1.29 is 9.53 Å². The topological polar surface area (TPSA) is 65.2 Å². The lowest BCUT2D eigenvalue weighted by Gasteiger charge is -2.07. The molecule has 1 heterocycles. The van der Waals surface area contributed by atoms with Crippen LogP contribution in [0.1, 0.15) is 5.56 Å². The lowest BCUT2D eigenvalue weighted by atomic mass is 10.0. The Balaban J connectivity index is 2.31. The maximum Gasteiger partial charge on any atom is 0.226 e. The van der Waals surface area contributed by atoms with Crippen molar-refractivity contribution >= 4 is 5.91 Å². The molecule has 91 valence electrons. The van der Waals surface area contributed by atoms with E-state index in [0.717, 1.165) is 16.7 Å². The van der Waals surface area contributed by atoms with E-state index in [0.29, 0.717) is 5.88 Å². The van der Waals surface area contributed by atoms with Crippen molar-refractivity contribution in [1.82, 2.24) is 4.98 Å². The van der Waals surface area contributed by atoms with Gasteiger partial charge in [0.1, 0.15) is 0 Å². The highest BCUT2D eigenvalue weighted by molar-refractivity contribution is 5.87. The second-order valence-electron chi connectivity index (χ2n) is 3.73. The van der Waals surface area contributed by atoms with Crippen molar-refractivity contribution in [2.75, 3.05) is 7.11 Å². The molecular weight excluding hydrogens is 228 g/mol. The first-order valence-corrected chi connectivity index (χ1v) is 5.44. The molecule has 4 nitrogen and oxygen atoms in total. The summed E-state index contributed by atoms with van der Waals surface area (Å²) >= 11 is 0. The lowest BCUT2D eigenvalue weighted by molar-refractivity contribution is -0.114. The Morgan fingerprint density at radius 3 is 2.61 bits per heavy atom. The van der Waals surface area contributed by atoms with Gasteiger partial charge in [0.2, 0.25) is 11.8 Å². The highest BCUT2D eigenvalue weighted by Gasteiger charge is 2.06. The third-order valence-corrected chi connectivity index (χ3v) is 2.50. The standard InChI is InChI=1S/C14H13N2O2/c1-18-14-12(3-2-8-16-14)11-6-4-10(5-7-11)9-13(15)17/h2-9H,1H3,(H2,15,17). The zero-order valence-electron chi connectivity index (χ0n) is 9.96. The van der Waals surface area contributed by atoms with Crippen LogP contribution in [0.15, 0.2) is 42.6 Å². The Kier molecular flexibility index (Phi) is 3.57. The number of carbonyl (C=O) groups is 1. The minimum absolute atomic E-state index is 0.457. The van der Waals surface area contributed by atoms with Gasteiger partial charge >= 0.3 is 0 Å². The number of ether oxygens (including phenoxy) is 1. The molecule has 18 heavy (non-hydrogen) atoms. The maximum absolute atomic E-state index is 10.8. The summed E-state index contributed by atoms with van der Waals surface area (Å²) < 4.78 is 5.20. The van der Waals surface area contributed by atoms with E-state index in [1.165, 1.54) is 6.42 Å². The number of carbonyl (C=O) groups excluding carboxylic acids is 1. The Labute approximate surface area is 105 Å². The molecule has 0 fully saturated rings. The Hall–Kier alpha value is -2.36. The van der Waals surface area contributed by atoms with Crippen molar-refractivity contribution in [2.45, 2.75) is 0 Å². The summed E-state index contributed by atoms with van der Waals surface area (Å²) in [5.74, 6) is 0.117. The first-order chi connectivity index (χ1) is 8.70. The van der Waals surface area contributed by atoms with E-state index in [2.05, 4.69) is 4.98 Å². The molecule has 1 aromatic heterocycles. The molecule has 0 atom stereocenters.